The second-order valence-corrected chi connectivity index (χ2v) is 6.05. The first-order valence-electron chi connectivity index (χ1n) is 9.02. The third-order valence-corrected chi connectivity index (χ3v) is 4.05. The minimum Gasteiger partial charge on any atom is -0.497 e. The minimum absolute atomic E-state index is 0. The highest BCUT2D eigenvalue weighted by atomic mass is 127. The number of aromatic nitrogens is 1. The summed E-state index contributed by atoms with van der Waals surface area (Å²) in [5, 5.41) is 6.57. The second kappa shape index (κ2) is 11.9. The molecule has 0 amide bonds. The Morgan fingerprint density at radius 2 is 1.62 bits per heavy atom. The van der Waals surface area contributed by atoms with Gasteiger partial charge in [-0.2, -0.15) is 0 Å². The summed E-state index contributed by atoms with van der Waals surface area (Å²) in [7, 11) is 3.38. The number of rotatable bonds is 7. The zero-order chi connectivity index (χ0) is 19.6. The summed E-state index contributed by atoms with van der Waals surface area (Å²) in [6.07, 6.45) is 1.78. The van der Waals surface area contributed by atoms with Gasteiger partial charge in [0.2, 0.25) is 5.88 Å². The van der Waals surface area contributed by atoms with Crippen LogP contribution in [0.4, 0.5) is 0 Å². The van der Waals surface area contributed by atoms with Gasteiger partial charge in [-0.15, -0.1) is 24.0 Å². The molecule has 0 atom stereocenters. The maximum atomic E-state index is 5.76. The number of aliphatic imine (C=N–C) groups is 1. The van der Waals surface area contributed by atoms with Crippen LogP contribution in [0.5, 0.6) is 17.4 Å². The van der Waals surface area contributed by atoms with Crippen LogP contribution >= 0.6 is 24.0 Å². The number of pyridine rings is 1. The fraction of sp³-hybridized carbons (Fsp3) is 0.182. The minimum atomic E-state index is 0. The van der Waals surface area contributed by atoms with E-state index in [0.717, 1.165) is 17.3 Å². The van der Waals surface area contributed by atoms with Crippen molar-refractivity contribution in [3.63, 3.8) is 0 Å². The topological polar surface area (TPSA) is 67.8 Å². The average Bonchev–Trinajstić information content (AvgIpc) is 2.76. The van der Waals surface area contributed by atoms with Crippen molar-refractivity contribution in [2.45, 2.75) is 13.1 Å². The van der Waals surface area contributed by atoms with E-state index in [1.807, 2.05) is 54.6 Å². The Labute approximate surface area is 188 Å². The molecule has 0 aliphatic rings. The maximum absolute atomic E-state index is 5.76. The monoisotopic (exact) mass is 504 g/mol. The van der Waals surface area contributed by atoms with E-state index in [9.17, 15) is 0 Å². The smallest absolute Gasteiger partial charge is 0.219 e. The van der Waals surface area contributed by atoms with Gasteiger partial charge in [0.1, 0.15) is 11.5 Å². The van der Waals surface area contributed by atoms with Gasteiger partial charge in [0.15, 0.2) is 5.96 Å². The Hall–Kier alpha value is -2.81. The highest BCUT2D eigenvalue weighted by Gasteiger charge is 2.03. The predicted octanol–water partition coefficient (Wildman–Crippen LogP) is 4.37. The normalized spacial score (nSPS) is 10.6. The number of benzene rings is 2. The van der Waals surface area contributed by atoms with Crippen LogP contribution in [0.25, 0.3) is 0 Å². The summed E-state index contributed by atoms with van der Waals surface area (Å²) in [4.78, 5) is 8.61. The summed E-state index contributed by atoms with van der Waals surface area (Å²) < 4.78 is 11.0. The largest absolute Gasteiger partial charge is 0.497 e. The molecule has 6 nitrogen and oxygen atoms in total. The zero-order valence-corrected chi connectivity index (χ0v) is 18.8. The molecule has 0 radical (unpaired) electrons. The lowest BCUT2D eigenvalue weighted by Gasteiger charge is -2.12. The van der Waals surface area contributed by atoms with Crippen LogP contribution in [-0.2, 0) is 13.1 Å². The van der Waals surface area contributed by atoms with Gasteiger partial charge in [-0.3, -0.25) is 4.99 Å². The highest BCUT2D eigenvalue weighted by molar-refractivity contribution is 14.0. The van der Waals surface area contributed by atoms with E-state index in [2.05, 4.69) is 32.7 Å². The molecule has 0 fully saturated rings. The molecule has 0 aliphatic carbocycles. The lowest BCUT2D eigenvalue weighted by atomic mass is 10.2. The van der Waals surface area contributed by atoms with Crippen LogP contribution in [0.1, 0.15) is 11.1 Å². The van der Waals surface area contributed by atoms with Crippen molar-refractivity contribution in [1.82, 2.24) is 15.6 Å². The van der Waals surface area contributed by atoms with Crippen LogP contribution in [0, 0.1) is 0 Å². The Bertz CT molecular complexity index is 902. The van der Waals surface area contributed by atoms with Crippen molar-refractivity contribution in [2.24, 2.45) is 4.99 Å². The van der Waals surface area contributed by atoms with Crippen molar-refractivity contribution >= 4 is 29.9 Å². The van der Waals surface area contributed by atoms with E-state index >= 15 is 0 Å². The van der Waals surface area contributed by atoms with Crippen LogP contribution in [0.3, 0.4) is 0 Å². The Balaban J connectivity index is 0.00000300. The molecule has 0 bridgehead atoms. The number of halogens is 1. The standard InChI is InChI=1S/C22H24N4O2.HI/c1-23-22(25-14-17-7-4-3-5-8-17)26-16-18-11-12-21(24-15-18)28-20-10-6-9-19(13-20)27-2;/h3-13,15H,14,16H2,1-2H3,(H2,23,25,26);1H. The van der Waals surface area contributed by atoms with E-state index in [-0.39, 0.29) is 24.0 Å². The number of methoxy groups -OCH3 is 1. The first-order valence-corrected chi connectivity index (χ1v) is 9.02. The Kier molecular flexibility index (Phi) is 9.23. The molecule has 152 valence electrons. The summed E-state index contributed by atoms with van der Waals surface area (Å²) in [6, 6.07) is 21.4. The van der Waals surface area contributed by atoms with Crippen LogP contribution in [-0.4, -0.2) is 25.1 Å². The number of hydrogen-bond donors (Lipinski definition) is 2. The lowest BCUT2D eigenvalue weighted by Crippen LogP contribution is -2.36. The molecule has 0 saturated carbocycles. The molecular formula is C22H25IN4O2. The third kappa shape index (κ3) is 7.26. The lowest BCUT2D eigenvalue weighted by molar-refractivity contribution is 0.407. The molecule has 1 aromatic heterocycles. The van der Waals surface area contributed by atoms with E-state index in [1.54, 1.807) is 20.4 Å². The van der Waals surface area contributed by atoms with Crippen molar-refractivity contribution < 1.29 is 9.47 Å². The quantitative estimate of drug-likeness (QED) is 0.284. The van der Waals surface area contributed by atoms with Gasteiger partial charge >= 0.3 is 0 Å². The van der Waals surface area contributed by atoms with Gasteiger partial charge in [0.05, 0.1) is 7.11 Å². The van der Waals surface area contributed by atoms with Gasteiger partial charge in [-0.1, -0.05) is 42.5 Å². The SMILES string of the molecule is CN=C(NCc1ccccc1)NCc1ccc(Oc2cccc(OC)c2)nc1.I. The molecular weight excluding hydrogens is 479 g/mol. The molecule has 0 spiro atoms. The fourth-order valence-electron chi connectivity index (χ4n) is 2.55. The number of hydrogen-bond acceptors (Lipinski definition) is 4. The van der Waals surface area contributed by atoms with Crippen LogP contribution < -0.4 is 20.1 Å². The molecule has 2 aromatic carbocycles. The van der Waals surface area contributed by atoms with Gasteiger partial charge < -0.3 is 20.1 Å². The van der Waals surface area contributed by atoms with Crippen molar-refractivity contribution in [3.05, 3.63) is 84.1 Å². The van der Waals surface area contributed by atoms with Gasteiger partial charge in [-0.05, 0) is 23.3 Å². The first-order chi connectivity index (χ1) is 13.8. The zero-order valence-electron chi connectivity index (χ0n) is 16.5. The van der Waals surface area contributed by atoms with Crippen LogP contribution in [0.2, 0.25) is 0 Å². The number of ether oxygens (including phenoxy) is 2. The third-order valence-electron chi connectivity index (χ3n) is 4.05. The molecule has 0 saturated heterocycles. The summed E-state index contributed by atoms with van der Waals surface area (Å²) in [5.74, 6) is 2.69. The van der Waals surface area contributed by atoms with E-state index in [0.29, 0.717) is 24.7 Å². The first kappa shape index (κ1) is 22.5. The van der Waals surface area contributed by atoms with Crippen LogP contribution in [0.15, 0.2) is 77.9 Å². The summed E-state index contributed by atoms with van der Waals surface area (Å²) >= 11 is 0. The van der Waals surface area contributed by atoms with Crippen molar-refractivity contribution in [3.8, 4) is 17.4 Å². The number of nitrogens with one attached hydrogen (secondary N) is 2. The Morgan fingerprint density at radius 3 is 2.28 bits per heavy atom. The maximum Gasteiger partial charge on any atom is 0.219 e. The average molecular weight is 504 g/mol. The van der Waals surface area contributed by atoms with Gasteiger partial charge in [0, 0.05) is 38.5 Å². The highest BCUT2D eigenvalue weighted by Crippen LogP contribution is 2.23. The predicted molar refractivity (Wildman–Crippen MR) is 126 cm³/mol. The summed E-state index contributed by atoms with van der Waals surface area (Å²) in [6.45, 7) is 1.33. The van der Waals surface area contributed by atoms with E-state index in [4.69, 9.17) is 9.47 Å². The molecule has 0 aliphatic heterocycles. The fourth-order valence-corrected chi connectivity index (χ4v) is 2.55. The van der Waals surface area contributed by atoms with Crippen molar-refractivity contribution in [1.29, 1.82) is 0 Å². The number of guanidine groups is 1. The van der Waals surface area contributed by atoms with Gasteiger partial charge in [-0.25, -0.2) is 4.98 Å². The van der Waals surface area contributed by atoms with E-state index in [1.165, 1.54) is 5.56 Å². The molecule has 1 heterocycles. The molecule has 29 heavy (non-hydrogen) atoms. The second-order valence-electron chi connectivity index (χ2n) is 6.05. The molecule has 3 rings (SSSR count). The summed E-state index contributed by atoms with van der Waals surface area (Å²) in [5.41, 5.74) is 2.23. The molecule has 2 N–H and O–H groups in total. The molecule has 3 aromatic rings. The number of nitrogens with zero attached hydrogens (tertiary/aromatic N) is 2. The van der Waals surface area contributed by atoms with Crippen molar-refractivity contribution in [2.75, 3.05) is 14.2 Å². The van der Waals surface area contributed by atoms with Gasteiger partial charge in [0.25, 0.3) is 0 Å². The van der Waals surface area contributed by atoms with E-state index < -0.39 is 0 Å². The molecule has 0 unspecified atom stereocenters. The molecule has 7 heteroatoms. The Morgan fingerprint density at radius 1 is 0.897 bits per heavy atom.